The maximum Gasteiger partial charge on any atom is 0.214 e. The van der Waals surface area contributed by atoms with E-state index in [2.05, 4.69) is 20.9 Å². The molecular weight excluding hydrogens is 218 g/mol. The van der Waals surface area contributed by atoms with Gasteiger partial charge in [-0.25, -0.2) is 4.98 Å². The van der Waals surface area contributed by atoms with Crippen molar-refractivity contribution in [1.82, 2.24) is 4.98 Å². The van der Waals surface area contributed by atoms with E-state index in [1.165, 1.54) is 0 Å². The SMILES string of the molecule is C/C=C/COc1cccc(Br)n1. The molecule has 12 heavy (non-hydrogen) atoms. The van der Waals surface area contributed by atoms with Gasteiger partial charge in [0.15, 0.2) is 0 Å². The van der Waals surface area contributed by atoms with Crippen LogP contribution < -0.4 is 4.74 Å². The lowest BCUT2D eigenvalue weighted by Gasteiger charge is -2.00. The predicted molar refractivity (Wildman–Crippen MR) is 52.2 cm³/mol. The molecule has 3 heteroatoms. The molecule has 1 rings (SSSR count). The summed E-state index contributed by atoms with van der Waals surface area (Å²) in [6.45, 7) is 2.53. The zero-order valence-electron chi connectivity index (χ0n) is 6.83. The Morgan fingerprint density at radius 3 is 3.08 bits per heavy atom. The first-order valence-electron chi connectivity index (χ1n) is 3.69. The van der Waals surface area contributed by atoms with Crippen molar-refractivity contribution in [3.05, 3.63) is 35.0 Å². The van der Waals surface area contributed by atoms with Crippen molar-refractivity contribution < 1.29 is 4.74 Å². The van der Waals surface area contributed by atoms with Gasteiger partial charge in [-0.1, -0.05) is 18.2 Å². The largest absolute Gasteiger partial charge is 0.473 e. The Morgan fingerprint density at radius 2 is 2.42 bits per heavy atom. The summed E-state index contributed by atoms with van der Waals surface area (Å²) in [5.74, 6) is 0.641. The number of hydrogen-bond donors (Lipinski definition) is 0. The summed E-state index contributed by atoms with van der Waals surface area (Å²) in [6, 6.07) is 5.58. The van der Waals surface area contributed by atoms with Gasteiger partial charge in [-0.3, -0.25) is 0 Å². The summed E-state index contributed by atoms with van der Waals surface area (Å²) < 4.78 is 6.09. The molecule has 0 amide bonds. The molecular formula is C9H10BrNO. The average Bonchev–Trinajstić information content (AvgIpc) is 2.05. The fourth-order valence-corrected chi connectivity index (χ4v) is 1.03. The molecule has 0 spiro atoms. The fourth-order valence-electron chi connectivity index (χ4n) is 0.700. The number of ether oxygens (including phenoxy) is 1. The zero-order chi connectivity index (χ0) is 8.81. The molecule has 0 saturated heterocycles. The smallest absolute Gasteiger partial charge is 0.214 e. The lowest BCUT2D eigenvalue weighted by atomic mass is 10.5. The van der Waals surface area contributed by atoms with E-state index in [0.29, 0.717) is 12.5 Å². The van der Waals surface area contributed by atoms with E-state index in [1.54, 1.807) is 0 Å². The van der Waals surface area contributed by atoms with Crippen molar-refractivity contribution in [3.8, 4) is 5.88 Å². The van der Waals surface area contributed by atoms with Crippen LogP contribution in [-0.4, -0.2) is 11.6 Å². The number of nitrogens with zero attached hydrogens (tertiary/aromatic N) is 1. The van der Waals surface area contributed by atoms with Crippen LogP contribution in [0.3, 0.4) is 0 Å². The van der Waals surface area contributed by atoms with Crippen molar-refractivity contribution in [2.75, 3.05) is 6.61 Å². The monoisotopic (exact) mass is 227 g/mol. The molecule has 1 aromatic heterocycles. The highest BCUT2D eigenvalue weighted by Gasteiger charge is 1.92. The molecule has 64 valence electrons. The summed E-state index contributed by atoms with van der Waals surface area (Å²) in [4.78, 5) is 4.11. The normalized spacial score (nSPS) is 10.5. The highest BCUT2D eigenvalue weighted by Crippen LogP contribution is 2.11. The van der Waals surface area contributed by atoms with Gasteiger partial charge in [0.05, 0.1) is 0 Å². The molecule has 0 aliphatic heterocycles. The second kappa shape index (κ2) is 4.93. The minimum atomic E-state index is 0.569. The second-order valence-corrected chi connectivity index (χ2v) is 2.99. The minimum absolute atomic E-state index is 0.569. The van der Waals surface area contributed by atoms with Crippen LogP contribution in [0, 0.1) is 0 Å². The molecule has 1 heterocycles. The summed E-state index contributed by atoms with van der Waals surface area (Å²) in [6.07, 6.45) is 3.88. The molecule has 0 aliphatic rings. The molecule has 0 bridgehead atoms. The van der Waals surface area contributed by atoms with Crippen LogP contribution in [0.4, 0.5) is 0 Å². The molecule has 0 fully saturated rings. The second-order valence-electron chi connectivity index (χ2n) is 2.18. The van der Waals surface area contributed by atoms with Crippen LogP contribution in [0.5, 0.6) is 5.88 Å². The minimum Gasteiger partial charge on any atom is -0.473 e. The Labute approximate surface area is 80.4 Å². The summed E-state index contributed by atoms with van der Waals surface area (Å²) in [5.41, 5.74) is 0. The van der Waals surface area contributed by atoms with E-state index >= 15 is 0 Å². The third-order valence-electron chi connectivity index (χ3n) is 1.25. The predicted octanol–water partition coefficient (Wildman–Crippen LogP) is 2.80. The van der Waals surface area contributed by atoms with Gasteiger partial charge in [0, 0.05) is 6.07 Å². The van der Waals surface area contributed by atoms with E-state index < -0.39 is 0 Å². The number of rotatable bonds is 3. The lowest BCUT2D eigenvalue weighted by molar-refractivity contribution is 0.347. The number of aromatic nitrogens is 1. The molecule has 1 aromatic rings. The highest BCUT2D eigenvalue weighted by atomic mass is 79.9. The van der Waals surface area contributed by atoms with Gasteiger partial charge < -0.3 is 4.74 Å². The van der Waals surface area contributed by atoms with Gasteiger partial charge in [0.25, 0.3) is 0 Å². The van der Waals surface area contributed by atoms with Gasteiger partial charge in [-0.2, -0.15) is 0 Å². The van der Waals surface area contributed by atoms with Gasteiger partial charge in [0.2, 0.25) is 5.88 Å². The summed E-state index contributed by atoms with van der Waals surface area (Å²) in [5, 5.41) is 0. The summed E-state index contributed by atoms with van der Waals surface area (Å²) >= 11 is 3.26. The topological polar surface area (TPSA) is 22.1 Å². The van der Waals surface area contributed by atoms with Crippen LogP contribution in [0.1, 0.15) is 6.92 Å². The Balaban J connectivity index is 2.52. The van der Waals surface area contributed by atoms with Crippen LogP contribution in [0.25, 0.3) is 0 Å². The van der Waals surface area contributed by atoms with Crippen molar-refractivity contribution in [1.29, 1.82) is 0 Å². The average molecular weight is 228 g/mol. The number of halogens is 1. The Bertz CT molecular complexity index is 273. The third-order valence-corrected chi connectivity index (χ3v) is 1.69. The highest BCUT2D eigenvalue weighted by molar-refractivity contribution is 9.10. The maximum atomic E-state index is 5.30. The van der Waals surface area contributed by atoms with Crippen LogP contribution in [-0.2, 0) is 0 Å². The van der Waals surface area contributed by atoms with Crippen LogP contribution in [0.2, 0.25) is 0 Å². The number of allylic oxidation sites excluding steroid dienone is 1. The third kappa shape index (κ3) is 3.05. The number of hydrogen-bond acceptors (Lipinski definition) is 2. The first kappa shape index (κ1) is 9.26. The zero-order valence-corrected chi connectivity index (χ0v) is 8.41. The molecule has 0 aliphatic carbocycles. The van der Waals surface area contributed by atoms with Crippen molar-refractivity contribution in [2.45, 2.75) is 6.92 Å². The first-order valence-corrected chi connectivity index (χ1v) is 4.48. The van der Waals surface area contributed by atoms with E-state index in [0.717, 1.165) is 4.60 Å². The molecule has 0 atom stereocenters. The van der Waals surface area contributed by atoms with E-state index in [4.69, 9.17) is 4.74 Å². The van der Waals surface area contributed by atoms with Crippen LogP contribution in [0.15, 0.2) is 35.0 Å². The molecule has 0 radical (unpaired) electrons. The van der Waals surface area contributed by atoms with E-state index in [1.807, 2.05) is 37.3 Å². The van der Waals surface area contributed by atoms with Crippen LogP contribution >= 0.6 is 15.9 Å². The fraction of sp³-hybridized carbons (Fsp3) is 0.222. The molecule has 0 unspecified atom stereocenters. The standard InChI is InChI=1S/C9H10BrNO/c1-2-3-7-12-9-6-4-5-8(10)11-9/h2-6H,7H2,1H3/b3-2+. The van der Waals surface area contributed by atoms with Gasteiger partial charge in [-0.05, 0) is 28.9 Å². The lowest BCUT2D eigenvalue weighted by Crippen LogP contribution is -1.95. The Hall–Kier alpha value is -0.830. The van der Waals surface area contributed by atoms with E-state index in [-0.39, 0.29) is 0 Å². The molecule has 0 aromatic carbocycles. The first-order chi connectivity index (χ1) is 5.83. The quantitative estimate of drug-likeness (QED) is 0.586. The van der Waals surface area contributed by atoms with Gasteiger partial charge in [0.1, 0.15) is 11.2 Å². The van der Waals surface area contributed by atoms with Crippen molar-refractivity contribution in [3.63, 3.8) is 0 Å². The van der Waals surface area contributed by atoms with Gasteiger partial charge in [-0.15, -0.1) is 0 Å². The number of pyridine rings is 1. The van der Waals surface area contributed by atoms with E-state index in [9.17, 15) is 0 Å². The Morgan fingerprint density at radius 1 is 1.58 bits per heavy atom. The van der Waals surface area contributed by atoms with Crippen molar-refractivity contribution in [2.24, 2.45) is 0 Å². The molecule has 0 saturated carbocycles. The molecule has 2 nitrogen and oxygen atoms in total. The Kier molecular flexibility index (Phi) is 3.80. The molecule has 0 N–H and O–H groups in total. The summed E-state index contributed by atoms with van der Waals surface area (Å²) in [7, 11) is 0. The van der Waals surface area contributed by atoms with Gasteiger partial charge >= 0.3 is 0 Å². The maximum absolute atomic E-state index is 5.30. The van der Waals surface area contributed by atoms with Crippen molar-refractivity contribution >= 4 is 15.9 Å².